The van der Waals surface area contributed by atoms with Gasteiger partial charge >= 0.3 is 0 Å². The Balaban J connectivity index is 1.51. The summed E-state index contributed by atoms with van der Waals surface area (Å²) in [5.41, 5.74) is 4.69. The van der Waals surface area contributed by atoms with Crippen LogP contribution in [0.4, 0.5) is 0 Å². The Morgan fingerprint density at radius 1 is 1.24 bits per heavy atom. The zero-order chi connectivity index (χ0) is 17.5. The topological polar surface area (TPSA) is 62.5 Å². The first kappa shape index (κ1) is 17.1. The van der Waals surface area contributed by atoms with Crippen molar-refractivity contribution in [1.29, 1.82) is 0 Å². The van der Waals surface area contributed by atoms with Crippen molar-refractivity contribution < 1.29 is 4.42 Å². The monoisotopic (exact) mass is 370 g/mol. The first-order valence-electron chi connectivity index (χ1n) is 7.52. The lowest BCUT2D eigenvalue weighted by Crippen LogP contribution is -2.31. The number of nitrogens with zero attached hydrogens (tertiary/aromatic N) is 2. The van der Waals surface area contributed by atoms with Gasteiger partial charge in [-0.05, 0) is 48.1 Å². The van der Waals surface area contributed by atoms with Crippen LogP contribution in [0.25, 0.3) is 11.3 Å². The highest BCUT2D eigenvalue weighted by molar-refractivity contribution is 7.80. The number of furan rings is 1. The van der Waals surface area contributed by atoms with E-state index in [1.165, 1.54) is 0 Å². The summed E-state index contributed by atoms with van der Waals surface area (Å²) in [4.78, 5) is 4.04. The van der Waals surface area contributed by atoms with E-state index in [-0.39, 0.29) is 0 Å². The predicted octanol–water partition coefficient (Wildman–Crippen LogP) is 3.99. The maximum absolute atomic E-state index is 5.99. The third kappa shape index (κ3) is 5.14. The van der Waals surface area contributed by atoms with Crippen LogP contribution in [-0.4, -0.2) is 16.3 Å². The number of hydrogen-bond donors (Lipinski definition) is 2. The summed E-state index contributed by atoms with van der Waals surface area (Å²) in [5.74, 6) is 1.33. The third-order valence-corrected chi connectivity index (χ3v) is 3.74. The molecule has 2 heterocycles. The minimum Gasteiger partial charge on any atom is -0.455 e. The molecule has 7 heteroatoms. The highest BCUT2D eigenvalue weighted by atomic mass is 35.5. The molecule has 3 aromatic rings. The Hall–Kier alpha value is -2.70. The molecule has 0 fully saturated rings. The number of pyridine rings is 1. The van der Waals surface area contributed by atoms with Crippen LogP contribution in [0.15, 0.2) is 70.4 Å². The summed E-state index contributed by atoms with van der Waals surface area (Å²) in [7, 11) is 0. The van der Waals surface area contributed by atoms with Gasteiger partial charge in [0, 0.05) is 29.5 Å². The number of rotatable bonds is 5. The molecule has 0 radical (unpaired) electrons. The first-order chi connectivity index (χ1) is 12.2. The van der Waals surface area contributed by atoms with Gasteiger partial charge in [0.2, 0.25) is 0 Å². The number of aromatic nitrogens is 1. The molecule has 3 rings (SSSR count). The van der Waals surface area contributed by atoms with E-state index in [2.05, 4.69) is 20.8 Å². The van der Waals surface area contributed by atoms with Gasteiger partial charge in [-0.2, -0.15) is 5.10 Å². The van der Waals surface area contributed by atoms with Crippen molar-refractivity contribution in [3.8, 4) is 11.3 Å². The fourth-order valence-electron chi connectivity index (χ4n) is 2.10. The second-order valence-electron chi connectivity index (χ2n) is 5.13. The smallest absolute Gasteiger partial charge is 0.187 e. The standard InChI is InChI=1S/C18H15ClN4OS/c19-15-5-1-4-14(9-15)17-7-6-16(24-17)12-22-23-18(25)21-11-13-3-2-8-20-10-13/h1-10,12H,11H2,(H2,21,23,25)/b22-12+. The van der Waals surface area contributed by atoms with Crippen LogP contribution >= 0.6 is 23.8 Å². The highest BCUT2D eigenvalue weighted by Crippen LogP contribution is 2.24. The molecule has 2 N–H and O–H groups in total. The molecule has 0 unspecified atom stereocenters. The largest absolute Gasteiger partial charge is 0.455 e. The fraction of sp³-hybridized carbons (Fsp3) is 0.0556. The summed E-state index contributed by atoms with van der Waals surface area (Å²) in [6.45, 7) is 0.578. The second-order valence-corrected chi connectivity index (χ2v) is 5.97. The molecule has 0 atom stereocenters. The molecular formula is C18H15ClN4OS. The van der Waals surface area contributed by atoms with Gasteiger partial charge in [-0.15, -0.1) is 0 Å². The Morgan fingerprint density at radius 2 is 2.16 bits per heavy atom. The van der Waals surface area contributed by atoms with Crippen molar-refractivity contribution in [3.05, 3.63) is 77.3 Å². The van der Waals surface area contributed by atoms with Gasteiger partial charge in [-0.3, -0.25) is 10.4 Å². The quantitative estimate of drug-likeness (QED) is 0.404. The Kier molecular flexibility index (Phi) is 5.77. The van der Waals surface area contributed by atoms with E-state index in [0.29, 0.717) is 22.4 Å². The van der Waals surface area contributed by atoms with Gasteiger partial charge in [0.25, 0.3) is 0 Å². The van der Waals surface area contributed by atoms with Crippen LogP contribution in [0, 0.1) is 0 Å². The van der Waals surface area contributed by atoms with E-state index in [1.807, 2.05) is 48.5 Å². The molecule has 126 valence electrons. The van der Waals surface area contributed by atoms with Crippen molar-refractivity contribution in [3.63, 3.8) is 0 Å². The van der Waals surface area contributed by atoms with Crippen molar-refractivity contribution in [1.82, 2.24) is 15.7 Å². The van der Waals surface area contributed by atoms with E-state index in [4.69, 9.17) is 28.2 Å². The molecule has 0 saturated heterocycles. The van der Waals surface area contributed by atoms with Crippen molar-refractivity contribution in [2.24, 2.45) is 5.10 Å². The van der Waals surface area contributed by atoms with Gasteiger partial charge < -0.3 is 9.73 Å². The van der Waals surface area contributed by atoms with E-state index in [9.17, 15) is 0 Å². The normalized spacial score (nSPS) is 10.8. The van der Waals surface area contributed by atoms with Crippen LogP contribution in [0.2, 0.25) is 5.02 Å². The molecular weight excluding hydrogens is 356 g/mol. The summed E-state index contributed by atoms with van der Waals surface area (Å²) >= 11 is 11.2. The molecule has 0 aliphatic rings. The van der Waals surface area contributed by atoms with Crippen molar-refractivity contribution in [2.75, 3.05) is 0 Å². The summed E-state index contributed by atoms with van der Waals surface area (Å²) in [5, 5.41) is 8.19. The van der Waals surface area contributed by atoms with Gasteiger partial charge in [-0.1, -0.05) is 29.8 Å². The van der Waals surface area contributed by atoms with Gasteiger partial charge in [-0.25, -0.2) is 0 Å². The maximum Gasteiger partial charge on any atom is 0.187 e. The van der Waals surface area contributed by atoms with Crippen LogP contribution in [0.5, 0.6) is 0 Å². The van der Waals surface area contributed by atoms with E-state index in [1.54, 1.807) is 18.6 Å². The van der Waals surface area contributed by atoms with Crippen LogP contribution < -0.4 is 10.7 Å². The zero-order valence-corrected chi connectivity index (χ0v) is 14.7. The number of hydrogen-bond acceptors (Lipinski definition) is 4. The highest BCUT2D eigenvalue weighted by Gasteiger charge is 2.04. The van der Waals surface area contributed by atoms with Gasteiger partial charge in [0.15, 0.2) is 5.11 Å². The molecule has 0 aliphatic carbocycles. The van der Waals surface area contributed by atoms with Crippen molar-refractivity contribution >= 4 is 35.1 Å². The number of thiocarbonyl (C=S) groups is 1. The number of benzene rings is 1. The molecule has 5 nitrogen and oxygen atoms in total. The lowest BCUT2D eigenvalue weighted by atomic mass is 10.2. The molecule has 0 saturated carbocycles. The lowest BCUT2D eigenvalue weighted by Gasteiger charge is -2.06. The molecule has 2 aromatic heterocycles. The van der Waals surface area contributed by atoms with Gasteiger partial charge in [0.1, 0.15) is 11.5 Å². The summed E-state index contributed by atoms with van der Waals surface area (Å²) in [6.07, 6.45) is 5.07. The lowest BCUT2D eigenvalue weighted by molar-refractivity contribution is 0.574. The molecule has 1 aromatic carbocycles. The van der Waals surface area contributed by atoms with E-state index >= 15 is 0 Å². The average Bonchev–Trinajstić information content (AvgIpc) is 3.10. The van der Waals surface area contributed by atoms with Crippen LogP contribution in [-0.2, 0) is 6.54 Å². The number of halogens is 1. The molecule has 0 amide bonds. The van der Waals surface area contributed by atoms with Gasteiger partial charge in [0.05, 0.1) is 6.21 Å². The third-order valence-electron chi connectivity index (χ3n) is 3.27. The van der Waals surface area contributed by atoms with Crippen LogP contribution in [0.1, 0.15) is 11.3 Å². The Labute approximate surface area is 155 Å². The SMILES string of the molecule is S=C(NCc1cccnc1)N/N=C/c1ccc(-c2cccc(Cl)c2)o1. The molecule has 0 aliphatic heterocycles. The summed E-state index contributed by atoms with van der Waals surface area (Å²) in [6, 6.07) is 15.0. The molecule has 25 heavy (non-hydrogen) atoms. The minimum atomic E-state index is 0.418. The Bertz CT molecular complexity index is 880. The second kappa shape index (κ2) is 8.41. The summed E-state index contributed by atoms with van der Waals surface area (Å²) < 4.78 is 5.72. The predicted molar refractivity (Wildman–Crippen MR) is 104 cm³/mol. The molecule has 0 bridgehead atoms. The van der Waals surface area contributed by atoms with E-state index in [0.717, 1.165) is 16.9 Å². The van der Waals surface area contributed by atoms with Crippen molar-refractivity contribution in [2.45, 2.75) is 6.54 Å². The zero-order valence-electron chi connectivity index (χ0n) is 13.1. The average molecular weight is 371 g/mol. The number of hydrazone groups is 1. The first-order valence-corrected chi connectivity index (χ1v) is 8.31. The Morgan fingerprint density at radius 3 is 2.96 bits per heavy atom. The van der Waals surface area contributed by atoms with E-state index < -0.39 is 0 Å². The fourth-order valence-corrected chi connectivity index (χ4v) is 2.41. The number of nitrogens with one attached hydrogen (secondary N) is 2. The molecule has 0 spiro atoms. The van der Waals surface area contributed by atoms with Crippen LogP contribution in [0.3, 0.4) is 0 Å². The minimum absolute atomic E-state index is 0.418. The maximum atomic E-state index is 5.99.